The largest absolute Gasteiger partial charge is 0.310 e. The normalized spacial score (nSPS) is 14.2. The summed E-state index contributed by atoms with van der Waals surface area (Å²) >= 11 is 0. The summed E-state index contributed by atoms with van der Waals surface area (Å²) in [5, 5.41) is 0. The first-order valence-corrected chi connectivity index (χ1v) is 6.58. The molecule has 3 nitrogen and oxygen atoms in total. The number of aromatic amines is 1. The van der Waals surface area contributed by atoms with Crippen LogP contribution in [0.15, 0.2) is 29.1 Å². The molecule has 0 unspecified atom stereocenters. The summed E-state index contributed by atoms with van der Waals surface area (Å²) in [6, 6.07) is 6.38. The average Bonchev–Trinajstić information content (AvgIpc) is 2.39. The van der Waals surface area contributed by atoms with Crippen LogP contribution in [0, 0.1) is 5.82 Å². The van der Waals surface area contributed by atoms with Crippen molar-refractivity contribution in [2.45, 2.75) is 32.1 Å². The fourth-order valence-corrected chi connectivity index (χ4v) is 2.58. The van der Waals surface area contributed by atoms with Gasteiger partial charge in [0.15, 0.2) is 0 Å². The van der Waals surface area contributed by atoms with Gasteiger partial charge in [-0.15, -0.1) is 0 Å². The fourth-order valence-electron chi connectivity index (χ4n) is 2.58. The summed E-state index contributed by atoms with van der Waals surface area (Å²) in [5.41, 5.74) is 2.53. The zero-order chi connectivity index (χ0) is 13.2. The van der Waals surface area contributed by atoms with Gasteiger partial charge in [-0.1, -0.05) is 12.1 Å². The van der Waals surface area contributed by atoms with Gasteiger partial charge in [0.25, 0.3) is 5.56 Å². The highest BCUT2D eigenvalue weighted by Crippen LogP contribution is 2.16. The second-order valence-corrected chi connectivity index (χ2v) is 4.95. The summed E-state index contributed by atoms with van der Waals surface area (Å²) < 4.78 is 13.1. The second kappa shape index (κ2) is 4.96. The first-order chi connectivity index (χ1) is 9.22. The smallest absolute Gasteiger partial charge is 0.254 e. The van der Waals surface area contributed by atoms with E-state index in [4.69, 9.17) is 0 Å². The van der Waals surface area contributed by atoms with Crippen molar-refractivity contribution in [2.24, 2.45) is 0 Å². The standard InChI is InChI=1S/C15H15FN2O/c16-11-5-3-4-10(8-11)9-14-17-13-7-2-1-6-12(13)15(19)18-14/h3-5,8H,1-2,6-7,9H2,(H,17,18,19). The third-order valence-electron chi connectivity index (χ3n) is 3.50. The number of halogens is 1. The molecule has 0 saturated carbocycles. The van der Waals surface area contributed by atoms with Gasteiger partial charge in [0.1, 0.15) is 11.6 Å². The van der Waals surface area contributed by atoms with Crippen LogP contribution in [0.3, 0.4) is 0 Å². The average molecular weight is 258 g/mol. The zero-order valence-electron chi connectivity index (χ0n) is 10.6. The Morgan fingerprint density at radius 3 is 2.95 bits per heavy atom. The first kappa shape index (κ1) is 12.1. The van der Waals surface area contributed by atoms with E-state index in [1.54, 1.807) is 6.07 Å². The first-order valence-electron chi connectivity index (χ1n) is 6.58. The van der Waals surface area contributed by atoms with Gasteiger partial charge < -0.3 is 4.98 Å². The molecule has 0 radical (unpaired) electrons. The van der Waals surface area contributed by atoms with Crippen molar-refractivity contribution in [3.8, 4) is 0 Å². The molecule has 3 rings (SSSR count). The molecule has 1 aromatic carbocycles. The molecule has 19 heavy (non-hydrogen) atoms. The lowest BCUT2D eigenvalue weighted by Crippen LogP contribution is -2.23. The van der Waals surface area contributed by atoms with Crippen LogP contribution in [0.2, 0.25) is 0 Å². The molecule has 0 amide bonds. The molecular formula is C15H15FN2O. The number of hydrogen-bond donors (Lipinski definition) is 1. The maximum Gasteiger partial charge on any atom is 0.254 e. The van der Waals surface area contributed by atoms with Gasteiger partial charge in [-0.3, -0.25) is 4.79 Å². The lowest BCUT2D eigenvalue weighted by Gasteiger charge is -2.14. The molecule has 1 aliphatic rings. The quantitative estimate of drug-likeness (QED) is 0.899. The van der Waals surface area contributed by atoms with Crippen LogP contribution in [0.25, 0.3) is 0 Å². The van der Waals surface area contributed by atoms with E-state index in [-0.39, 0.29) is 11.4 Å². The Bertz CT molecular complexity index is 663. The molecule has 0 aliphatic heterocycles. The molecule has 1 aliphatic carbocycles. The van der Waals surface area contributed by atoms with Gasteiger partial charge >= 0.3 is 0 Å². The minimum atomic E-state index is -0.266. The fraction of sp³-hybridized carbons (Fsp3) is 0.333. The van der Waals surface area contributed by atoms with E-state index >= 15 is 0 Å². The molecule has 4 heteroatoms. The summed E-state index contributed by atoms with van der Waals surface area (Å²) in [6.45, 7) is 0. The predicted octanol–water partition coefficient (Wildman–Crippen LogP) is 2.38. The molecule has 0 spiro atoms. The molecule has 1 N–H and O–H groups in total. The number of fused-ring (bicyclic) bond motifs is 1. The van der Waals surface area contributed by atoms with Gasteiger partial charge in [-0.25, -0.2) is 9.37 Å². The molecular weight excluding hydrogens is 243 g/mol. The molecule has 0 atom stereocenters. The van der Waals surface area contributed by atoms with Crippen LogP contribution in [-0.4, -0.2) is 9.97 Å². The minimum absolute atomic E-state index is 0.0314. The van der Waals surface area contributed by atoms with Crippen LogP contribution >= 0.6 is 0 Å². The summed E-state index contributed by atoms with van der Waals surface area (Å²) in [5.74, 6) is 0.356. The van der Waals surface area contributed by atoms with E-state index in [1.807, 2.05) is 6.07 Å². The molecule has 0 saturated heterocycles. The molecule has 1 heterocycles. The number of nitrogens with zero attached hydrogens (tertiary/aromatic N) is 1. The van der Waals surface area contributed by atoms with E-state index in [2.05, 4.69) is 9.97 Å². The highest BCUT2D eigenvalue weighted by molar-refractivity contribution is 5.24. The number of aromatic nitrogens is 2. The number of aryl methyl sites for hydroxylation is 1. The minimum Gasteiger partial charge on any atom is -0.310 e. The summed E-state index contributed by atoms with van der Waals surface area (Å²) in [6.07, 6.45) is 4.29. The van der Waals surface area contributed by atoms with Crippen LogP contribution in [0.5, 0.6) is 0 Å². The Labute approximate surface area is 110 Å². The molecule has 0 bridgehead atoms. The third kappa shape index (κ3) is 2.57. The van der Waals surface area contributed by atoms with Crippen molar-refractivity contribution in [3.05, 3.63) is 63.1 Å². The number of hydrogen-bond acceptors (Lipinski definition) is 2. The highest BCUT2D eigenvalue weighted by Gasteiger charge is 2.15. The van der Waals surface area contributed by atoms with Crippen molar-refractivity contribution in [1.29, 1.82) is 0 Å². The highest BCUT2D eigenvalue weighted by atomic mass is 19.1. The lowest BCUT2D eigenvalue weighted by molar-refractivity contribution is 0.625. The van der Waals surface area contributed by atoms with E-state index in [9.17, 15) is 9.18 Å². The van der Waals surface area contributed by atoms with Crippen molar-refractivity contribution in [3.63, 3.8) is 0 Å². The van der Waals surface area contributed by atoms with Gasteiger partial charge in [0.05, 0.1) is 5.69 Å². The zero-order valence-corrected chi connectivity index (χ0v) is 10.6. The van der Waals surface area contributed by atoms with Gasteiger partial charge in [-0.05, 0) is 43.4 Å². The monoisotopic (exact) mass is 258 g/mol. The van der Waals surface area contributed by atoms with E-state index in [0.29, 0.717) is 12.2 Å². The number of nitrogens with one attached hydrogen (secondary N) is 1. The summed E-state index contributed by atoms with van der Waals surface area (Å²) in [4.78, 5) is 19.3. The van der Waals surface area contributed by atoms with E-state index in [0.717, 1.165) is 42.5 Å². The number of rotatable bonds is 2. The third-order valence-corrected chi connectivity index (χ3v) is 3.50. The van der Waals surface area contributed by atoms with Crippen molar-refractivity contribution in [1.82, 2.24) is 9.97 Å². The summed E-state index contributed by atoms with van der Waals surface area (Å²) in [7, 11) is 0. The van der Waals surface area contributed by atoms with Crippen LogP contribution < -0.4 is 5.56 Å². The Morgan fingerprint density at radius 2 is 2.11 bits per heavy atom. The van der Waals surface area contributed by atoms with Gasteiger partial charge in [0, 0.05) is 12.0 Å². The Kier molecular flexibility index (Phi) is 3.15. The van der Waals surface area contributed by atoms with Crippen molar-refractivity contribution in [2.75, 3.05) is 0 Å². The number of benzene rings is 1. The Balaban J connectivity index is 1.94. The second-order valence-electron chi connectivity index (χ2n) is 4.95. The van der Waals surface area contributed by atoms with Crippen LogP contribution in [0.4, 0.5) is 4.39 Å². The van der Waals surface area contributed by atoms with E-state index < -0.39 is 0 Å². The molecule has 2 aromatic rings. The topological polar surface area (TPSA) is 45.8 Å². The molecule has 98 valence electrons. The van der Waals surface area contributed by atoms with Crippen LogP contribution in [0.1, 0.15) is 35.5 Å². The van der Waals surface area contributed by atoms with Gasteiger partial charge in [0.2, 0.25) is 0 Å². The van der Waals surface area contributed by atoms with Crippen molar-refractivity contribution >= 4 is 0 Å². The SMILES string of the molecule is O=c1[nH]c(Cc2cccc(F)c2)nc2c1CCCC2. The predicted molar refractivity (Wildman–Crippen MR) is 70.7 cm³/mol. The van der Waals surface area contributed by atoms with Crippen molar-refractivity contribution < 1.29 is 4.39 Å². The molecule has 1 aromatic heterocycles. The van der Waals surface area contributed by atoms with E-state index in [1.165, 1.54) is 12.1 Å². The molecule has 0 fully saturated rings. The van der Waals surface area contributed by atoms with Crippen LogP contribution in [-0.2, 0) is 19.3 Å². The Hall–Kier alpha value is -1.97. The number of H-pyrrole nitrogens is 1. The Morgan fingerprint density at radius 1 is 1.26 bits per heavy atom. The maximum atomic E-state index is 13.1. The van der Waals surface area contributed by atoms with Gasteiger partial charge in [-0.2, -0.15) is 0 Å². The maximum absolute atomic E-state index is 13.1. The lowest BCUT2D eigenvalue weighted by atomic mass is 9.97.